The number of methoxy groups -OCH3 is 1. The van der Waals surface area contributed by atoms with Crippen molar-refractivity contribution < 1.29 is 14.3 Å². The van der Waals surface area contributed by atoms with E-state index < -0.39 is 5.97 Å². The number of ether oxygens (including phenoxy) is 2. The van der Waals surface area contributed by atoms with Crippen molar-refractivity contribution in [1.29, 1.82) is 0 Å². The first-order chi connectivity index (χ1) is 9.55. The van der Waals surface area contributed by atoms with E-state index in [9.17, 15) is 4.79 Å². The van der Waals surface area contributed by atoms with Gasteiger partial charge in [0.1, 0.15) is 0 Å². The van der Waals surface area contributed by atoms with Crippen molar-refractivity contribution in [3.63, 3.8) is 0 Å². The summed E-state index contributed by atoms with van der Waals surface area (Å²) >= 11 is 6.93. The van der Waals surface area contributed by atoms with Gasteiger partial charge in [-0.15, -0.1) is 0 Å². The van der Waals surface area contributed by atoms with Gasteiger partial charge in [0.15, 0.2) is 15.8 Å². The number of pyridine rings is 1. The standard InChI is InChI=1S/C13H13ClN2O3S/c1-4-8-9(6-5-7(2)15-8)19-13-16-11(14)10(20-13)12(17)18-3/h5-6H,4H2,1-3H3. The van der Waals surface area contributed by atoms with E-state index in [0.29, 0.717) is 5.75 Å². The monoisotopic (exact) mass is 312 g/mol. The number of aromatic nitrogens is 2. The number of halogens is 1. The molecule has 0 aromatic carbocycles. The summed E-state index contributed by atoms with van der Waals surface area (Å²) in [6, 6.07) is 3.68. The van der Waals surface area contributed by atoms with Crippen LogP contribution in [0.4, 0.5) is 0 Å². The average molecular weight is 313 g/mol. The van der Waals surface area contributed by atoms with Crippen LogP contribution in [0.2, 0.25) is 5.15 Å². The fourth-order valence-corrected chi connectivity index (χ4v) is 2.64. The molecular weight excluding hydrogens is 300 g/mol. The molecule has 0 radical (unpaired) electrons. The summed E-state index contributed by atoms with van der Waals surface area (Å²) in [7, 11) is 1.29. The Bertz CT molecular complexity index is 643. The third-order valence-electron chi connectivity index (χ3n) is 2.54. The lowest BCUT2D eigenvalue weighted by Gasteiger charge is -2.07. The van der Waals surface area contributed by atoms with Gasteiger partial charge in [0.25, 0.3) is 5.19 Å². The van der Waals surface area contributed by atoms with Crippen LogP contribution >= 0.6 is 22.9 Å². The molecule has 5 nitrogen and oxygen atoms in total. The van der Waals surface area contributed by atoms with Crippen molar-refractivity contribution in [2.75, 3.05) is 7.11 Å². The van der Waals surface area contributed by atoms with Crippen molar-refractivity contribution in [3.05, 3.63) is 33.6 Å². The van der Waals surface area contributed by atoms with Crippen LogP contribution in [0.1, 0.15) is 28.0 Å². The highest BCUT2D eigenvalue weighted by atomic mass is 35.5. The number of rotatable bonds is 4. The molecule has 0 bridgehead atoms. The number of hydrogen-bond acceptors (Lipinski definition) is 6. The molecule has 0 atom stereocenters. The molecule has 0 N–H and O–H groups in total. The number of hydrogen-bond donors (Lipinski definition) is 0. The molecule has 0 saturated carbocycles. The second kappa shape index (κ2) is 6.19. The van der Waals surface area contributed by atoms with Crippen molar-refractivity contribution in [2.45, 2.75) is 20.3 Å². The largest absolute Gasteiger partial charge is 0.465 e. The third kappa shape index (κ3) is 3.08. The Hall–Kier alpha value is -1.66. The first kappa shape index (κ1) is 14.7. The third-order valence-corrected chi connectivity index (χ3v) is 3.84. The molecule has 0 aliphatic heterocycles. The highest BCUT2D eigenvalue weighted by molar-refractivity contribution is 7.15. The Morgan fingerprint density at radius 2 is 2.15 bits per heavy atom. The van der Waals surface area contributed by atoms with Crippen molar-refractivity contribution in [3.8, 4) is 10.9 Å². The molecular formula is C13H13ClN2O3S. The van der Waals surface area contributed by atoms with E-state index in [1.54, 1.807) is 0 Å². The molecule has 2 heterocycles. The maximum atomic E-state index is 11.5. The van der Waals surface area contributed by atoms with Crippen LogP contribution in [0, 0.1) is 6.92 Å². The normalized spacial score (nSPS) is 10.4. The van der Waals surface area contributed by atoms with Crippen molar-refractivity contribution in [1.82, 2.24) is 9.97 Å². The van der Waals surface area contributed by atoms with E-state index in [2.05, 4.69) is 14.7 Å². The average Bonchev–Trinajstić information content (AvgIpc) is 2.80. The van der Waals surface area contributed by atoms with Crippen LogP contribution in [-0.2, 0) is 11.2 Å². The molecule has 7 heteroatoms. The van der Waals surface area contributed by atoms with Crippen molar-refractivity contribution in [2.24, 2.45) is 0 Å². The summed E-state index contributed by atoms with van der Waals surface area (Å²) < 4.78 is 10.3. The van der Waals surface area contributed by atoms with E-state index in [4.69, 9.17) is 16.3 Å². The highest BCUT2D eigenvalue weighted by Gasteiger charge is 2.19. The molecule has 0 amide bonds. The van der Waals surface area contributed by atoms with E-state index >= 15 is 0 Å². The summed E-state index contributed by atoms with van der Waals surface area (Å²) in [5.41, 5.74) is 1.75. The summed E-state index contributed by atoms with van der Waals surface area (Å²) in [6.07, 6.45) is 0.736. The van der Waals surface area contributed by atoms with Crippen LogP contribution in [0.5, 0.6) is 10.9 Å². The zero-order valence-electron chi connectivity index (χ0n) is 11.3. The first-order valence-electron chi connectivity index (χ1n) is 5.94. The zero-order chi connectivity index (χ0) is 14.7. The van der Waals surface area contributed by atoms with Gasteiger partial charge in [-0.2, -0.15) is 4.98 Å². The lowest BCUT2D eigenvalue weighted by Crippen LogP contribution is -1.98. The molecule has 0 aliphatic rings. The Morgan fingerprint density at radius 1 is 1.40 bits per heavy atom. The van der Waals surface area contributed by atoms with Gasteiger partial charge in [-0.1, -0.05) is 29.9 Å². The van der Waals surface area contributed by atoms with Crippen LogP contribution < -0.4 is 4.74 Å². The maximum Gasteiger partial charge on any atom is 0.351 e. The Labute approximate surface area is 125 Å². The van der Waals surface area contributed by atoms with Gasteiger partial charge in [-0.3, -0.25) is 4.98 Å². The second-order valence-electron chi connectivity index (χ2n) is 3.94. The topological polar surface area (TPSA) is 61.3 Å². The van der Waals surface area contributed by atoms with Gasteiger partial charge >= 0.3 is 5.97 Å². The predicted octanol–water partition coefficient (Wildman–Crippen LogP) is 3.64. The minimum Gasteiger partial charge on any atom is -0.465 e. The highest BCUT2D eigenvalue weighted by Crippen LogP contribution is 2.33. The summed E-state index contributed by atoms with van der Waals surface area (Å²) in [5.74, 6) is 0.0834. The predicted molar refractivity (Wildman–Crippen MR) is 76.9 cm³/mol. The van der Waals surface area contributed by atoms with Gasteiger partial charge in [0.2, 0.25) is 0 Å². The lowest BCUT2D eigenvalue weighted by molar-refractivity contribution is 0.0606. The summed E-state index contributed by atoms with van der Waals surface area (Å²) in [4.78, 5) is 20.1. The fourth-order valence-electron chi connectivity index (χ4n) is 1.58. The van der Waals surface area contributed by atoms with E-state index in [0.717, 1.165) is 29.1 Å². The maximum absolute atomic E-state index is 11.5. The molecule has 0 unspecified atom stereocenters. The quantitative estimate of drug-likeness (QED) is 0.807. The molecule has 0 saturated heterocycles. The molecule has 0 aliphatic carbocycles. The number of aryl methyl sites for hydroxylation is 2. The van der Waals surface area contributed by atoms with Gasteiger partial charge in [-0.25, -0.2) is 4.79 Å². The molecule has 0 fully saturated rings. The van der Waals surface area contributed by atoms with Gasteiger partial charge in [0, 0.05) is 5.69 Å². The number of nitrogens with zero attached hydrogens (tertiary/aromatic N) is 2. The minimum atomic E-state index is -0.528. The minimum absolute atomic E-state index is 0.0787. The van der Waals surface area contributed by atoms with E-state index in [1.165, 1.54) is 7.11 Å². The number of carbonyl (C=O) groups excluding carboxylic acids is 1. The molecule has 20 heavy (non-hydrogen) atoms. The Morgan fingerprint density at radius 3 is 2.80 bits per heavy atom. The number of carbonyl (C=O) groups is 1. The summed E-state index contributed by atoms with van der Waals surface area (Å²) in [5, 5.41) is 0.366. The van der Waals surface area contributed by atoms with Gasteiger partial charge < -0.3 is 9.47 Å². The van der Waals surface area contributed by atoms with Crippen LogP contribution in [0.3, 0.4) is 0 Å². The molecule has 2 aromatic heterocycles. The molecule has 106 valence electrons. The van der Waals surface area contributed by atoms with E-state index in [-0.39, 0.29) is 15.2 Å². The second-order valence-corrected chi connectivity index (χ2v) is 5.26. The Balaban J connectivity index is 2.29. The molecule has 2 aromatic rings. The van der Waals surface area contributed by atoms with Crippen LogP contribution in [0.15, 0.2) is 12.1 Å². The van der Waals surface area contributed by atoms with Gasteiger partial charge in [-0.05, 0) is 25.5 Å². The van der Waals surface area contributed by atoms with Crippen molar-refractivity contribution >= 4 is 28.9 Å². The van der Waals surface area contributed by atoms with Gasteiger partial charge in [0.05, 0.1) is 12.8 Å². The van der Waals surface area contributed by atoms with Crippen LogP contribution in [0.25, 0.3) is 0 Å². The SMILES string of the molecule is CCc1nc(C)ccc1Oc1nc(Cl)c(C(=O)OC)s1. The Kier molecular flexibility index (Phi) is 4.57. The zero-order valence-corrected chi connectivity index (χ0v) is 12.8. The lowest BCUT2D eigenvalue weighted by atomic mass is 10.2. The van der Waals surface area contributed by atoms with E-state index in [1.807, 2.05) is 26.0 Å². The number of thiazole rings is 1. The molecule has 2 rings (SSSR count). The fraction of sp³-hybridized carbons (Fsp3) is 0.308. The summed E-state index contributed by atoms with van der Waals surface area (Å²) in [6.45, 7) is 3.90. The first-order valence-corrected chi connectivity index (χ1v) is 7.13. The number of esters is 1. The smallest absolute Gasteiger partial charge is 0.351 e. The van der Waals surface area contributed by atoms with Crippen LogP contribution in [-0.4, -0.2) is 23.0 Å². The molecule has 0 spiro atoms.